The maximum Gasteiger partial charge on any atom is 0.0468 e. The number of nitrogens with one attached hydrogen (secondary N) is 1. The van der Waals surface area contributed by atoms with Crippen LogP contribution in [0.2, 0.25) is 0 Å². The smallest absolute Gasteiger partial charge is 0.0468 e. The second-order valence-electron chi connectivity index (χ2n) is 5.12. The van der Waals surface area contributed by atoms with Crippen molar-refractivity contribution in [1.29, 1.82) is 0 Å². The highest BCUT2D eigenvalue weighted by Crippen LogP contribution is 2.31. The fourth-order valence-electron chi connectivity index (χ4n) is 2.85. The van der Waals surface area contributed by atoms with Gasteiger partial charge in [-0.1, -0.05) is 6.92 Å². The van der Waals surface area contributed by atoms with Gasteiger partial charge >= 0.3 is 0 Å². The van der Waals surface area contributed by atoms with Gasteiger partial charge in [0.2, 0.25) is 0 Å². The van der Waals surface area contributed by atoms with Gasteiger partial charge in [0.1, 0.15) is 0 Å². The SMILES string of the molecule is CC1CC(C2CCOCC2)CNC1C. The van der Waals surface area contributed by atoms with Gasteiger partial charge in [0.15, 0.2) is 0 Å². The van der Waals surface area contributed by atoms with Crippen LogP contribution in [0.1, 0.15) is 33.1 Å². The fourth-order valence-corrected chi connectivity index (χ4v) is 2.85. The highest BCUT2D eigenvalue weighted by Gasteiger charge is 2.30. The van der Waals surface area contributed by atoms with E-state index in [-0.39, 0.29) is 0 Å². The van der Waals surface area contributed by atoms with Crippen molar-refractivity contribution in [3.63, 3.8) is 0 Å². The van der Waals surface area contributed by atoms with Crippen molar-refractivity contribution in [2.24, 2.45) is 17.8 Å². The summed E-state index contributed by atoms with van der Waals surface area (Å²) in [5, 5.41) is 3.64. The topological polar surface area (TPSA) is 21.3 Å². The molecule has 2 aliphatic heterocycles. The van der Waals surface area contributed by atoms with Crippen molar-refractivity contribution in [2.45, 2.75) is 39.2 Å². The fraction of sp³-hybridized carbons (Fsp3) is 1.00. The monoisotopic (exact) mass is 197 g/mol. The molecule has 0 saturated carbocycles. The summed E-state index contributed by atoms with van der Waals surface area (Å²) in [7, 11) is 0. The number of hydrogen-bond acceptors (Lipinski definition) is 2. The molecule has 3 atom stereocenters. The number of ether oxygens (including phenoxy) is 1. The van der Waals surface area contributed by atoms with Crippen LogP contribution in [0.5, 0.6) is 0 Å². The third-order valence-corrected chi connectivity index (χ3v) is 4.16. The van der Waals surface area contributed by atoms with Gasteiger partial charge in [-0.2, -0.15) is 0 Å². The zero-order chi connectivity index (χ0) is 9.97. The average molecular weight is 197 g/mol. The van der Waals surface area contributed by atoms with Crippen LogP contribution >= 0.6 is 0 Å². The zero-order valence-electron chi connectivity index (χ0n) is 9.46. The Hall–Kier alpha value is -0.0800. The van der Waals surface area contributed by atoms with E-state index in [1.54, 1.807) is 0 Å². The first-order valence-corrected chi connectivity index (χ1v) is 6.08. The molecule has 2 aliphatic rings. The number of rotatable bonds is 1. The largest absolute Gasteiger partial charge is 0.381 e. The Morgan fingerprint density at radius 2 is 1.79 bits per heavy atom. The highest BCUT2D eigenvalue weighted by atomic mass is 16.5. The van der Waals surface area contributed by atoms with Gasteiger partial charge in [-0.25, -0.2) is 0 Å². The molecule has 82 valence electrons. The lowest BCUT2D eigenvalue weighted by Gasteiger charge is -2.39. The minimum absolute atomic E-state index is 0.714. The molecule has 2 saturated heterocycles. The highest BCUT2D eigenvalue weighted by molar-refractivity contribution is 4.84. The van der Waals surface area contributed by atoms with Gasteiger partial charge in [0.05, 0.1) is 0 Å². The van der Waals surface area contributed by atoms with Gasteiger partial charge in [0, 0.05) is 19.3 Å². The van der Waals surface area contributed by atoms with Crippen LogP contribution in [0.25, 0.3) is 0 Å². The molecule has 0 amide bonds. The maximum absolute atomic E-state index is 5.42. The summed E-state index contributed by atoms with van der Waals surface area (Å²) in [6, 6.07) is 0.714. The average Bonchev–Trinajstić information content (AvgIpc) is 2.23. The second kappa shape index (κ2) is 4.63. The molecule has 1 N–H and O–H groups in total. The lowest BCUT2D eigenvalue weighted by Crippen LogP contribution is -2.45. The molecule has 2 heteroatoms. The quantitative estimate of drug-likeness (QED) is 0.694. The number of hydrogen-bond donors (Lipinski definition) is 1. The van der Waals surface area contributed by atoms with Gasteiger partial charge < -0.3 is 10.1 Å². The maximum atomic E-state index is 5.42. The van der Waals surface area contributed by atoms with Crippen molar-refractivity contribution in [3.8, 4) is 0 Å². The molecule has 2 heterocycles. The van der Waals surface area contributed by atoms with Crippen molar-refractivity contribution >= 4 is 0 Å². The third kappa shape index (κ3) is 2.29. The van der Waals surface area contributed by atoms with E-state index in [2.05, 4.69) is 19.2 Å². The molecule has 14 heavy (non-hydrogen) atoms. The van der Waals surface area contributed by atoms with Crippen LogP contribution in [0.4, 0.5) is 0 Å². The molecule has 0 aromatic carbocycles. The van der Waals surface area contributed by atoms with Gasteiger partial charge in [-0.3, -0.25) is 0 Å². The Morgan fingerprint density at radius 1 is 1.07 bits per heavy atom. The van der Waals surface area contributed by atoms with Crippen molar-refractivity contribution in [3.05, 3.63) is 0 Å². The molecule has 0 aromatic heterocycles. The summed E-state index contributed by atoms with van der Waals surface area (Å²) >= 11 is 0. The van der Waals surface area contributed by atoms with Crippen LogP contribution in [-0.4, -0.2) is 25.8 Å². The molecule has 2 nitrogen and oxygen atoms in total. The van der Waals surface area contributed by atoms with Crippen LogP contribution in [-0.2, 0) is 4.74 Å². The van der Waals surface area contributed by atoms with Gasteiger partial charge in [0.25, 0.3) is 0 Å². The standard InChI is InChI=1S/C12H23NO/c1-9-7-12(8-13-10(9)2)11-3-5-14-6-4-11/h9-13H,3-8H2,1-2H3. The lowest BCUT2D eigenvalue weighted by atomic mass is 9.76. The minimum Gasteiger partial charge on any atom is -0.381 e. The first-order chi connectivity index (χ1) is 6.77. The lowest BCUT2D eigenvalue weighted by molar-refractivity contribution is 0.0342. The van der Waals surface area contributed by atoms with Crippen LogP contribution in [0, 0.1) is 17.8 Å². The van der Waals surface area contributed by atoms with Crippen molar-refractivity contribution in [1.82, 2.24) is 5.32 Å². The molecule has 0 bridgehead atoms. The third-order valence-electron chi connectivity index (χ3n) is 4.16. The van der Waals surface area contributed by atoms with E-state index in [0.29, 0.717) is 6.04 Å². The zero-order valence-corrected chi connectivity index (χ0v) is 9.46. The Morgan fingerprint density at radius 3 is 2.43 bits per heavy atom. The summed E-state index contributed by atoms with van der Waals surface area (Å²) in [5.41, 5.74) is 0. The summed E-state index contributed by atoms with van der Waals surface area (Å²) in [6.07, 6.45) is 3.99. The molecule has 2 rings (SSSR count). The van der Waals surface area contributed by atoms with E-state index in [4.69, 9.17) is 4.74 Å². The van der Waals surface area contributed by atoms with E-state index >= 15 is 0 Å². The van der Waals surface area contributed by atoms with Crippen LogP contribution in [0.3, 0.4) is 0 Å². The normalized spacial score (nSPS) is 41.1. The second-order valence-corrected chi connectivity index (χ2v) is 5.12. The Bertz CT molecular complexity index is 177. The first kappa shape index (κ1) is 10.4. The summed E-state index contributed by atoms with van der Waals surface area (Å²) in [5.74, 6) is 2.67. The van der Waals surface area contributed by atoms with E-state index < -0.39 is 0 Å². The van der Waals surface area contributed by atoms with Crippen LogP contribution < -0.4 is 5.32 Å². The number of piperidine rings is 1. The van der Waals surface area contributed by atoms with Crippen molar-refractivity contribution < 1.29 is 4.74 Å². The summed E-state index contributed by atoms with van der Waals surface area (Å²) in [4.78, 5) is 0. The van der Waals surface area contributed by atoms with Gasteiger partial charge in [-0.15, -0.1) is 0 Å². The van der Waals surface area contributed by atoms with E-state index in [1.807, 2.05) is 0 Å². The molecular weight excluding hydrogens is 174 g/mol. The molecular formula is C12H23NO. The van der Waals surface area contributed by atoms with E-state index in [0.717, 1.165) is 31.0 Å². The van der Waals surface area contributed by atoms with Crippen molar-refractivity contribution in [2.75, 3.05) is 19.8 Å². The minimum atomic E-state index is 0.714. The Balaban J connectivity index is 1.85. The predicted octanol–water partition coefficient (Wildman–Crippen LogP) is 2.05. The Kier molecular flexibility index (Phi) is 3.45. The molecule has 3 unspecified atom stereocenters. The van der Waals surface area contributed by atoms with E-state index in [1.165, 1.54) is 25.8 Å². The predicted molar refractivity (Wildman–Crippen MR) is 58.3 cm³/mol. The Labute approximate surface area is 87.4 Å². The van der Waals surface area contributed by atoms with E-state index in [9.17, 15) is 0 Å². The molecule has 0 aromatic rings. The molecule has 0 spiro atoms. The summed E-state index contributed by atoms with van der Waals surface area (Å²) in [6.45, 7) is 7.90. The van der Waals surface area contributed by atoms with Crippen LogP contribution in [0.15, 0.2) is 0 Å². The first-order valence-electron chi connectivity index (χ1n) is 6.08. The molecule has 0 aliphatic carbocycles. The summed E-state index contributed by atoms with van der Waals surface area (Å²) < 4.78 is 5.42. The van der Waals surface area contributed by atoms with Gasteiger partial charge in [-0.05, 0) is 50.5 Å². The molecule has 2 fully saturated rings. The molecule has 0 radical (unpaired) electrons.